The summed E-state index contributed by atoms with van der Waals surface area (Å²) in [5, 5.41) is 22.7. The lowest BCUT2D eigenvalue weighted by Crippen LogP contribution is -2.66. The van der Waals surface area contributed by atoms with Gasteiger partial charge in [0.1, 0.15) is 0 Å². The molecule has 29 heavy (non-hydrogen) atoms. The molecule has 3 fully saturated rings. The predicted molar refractivity (Wildman–Crippen MR) is 120 cm³/mol. The van der Waals surface area contributed by atoms with Crippen LogP contribution < -0.4 is 0 Å². The van der Waals surface area contributed by atoms with Crippen LogP contribution in [0.4, 0.5) is 0 Å². The lowest BCUT2D eigenvalue weighted by atomic mass is 9.43. The van der Waals surface area contributed by atoms with Crippen molar-refractivity contribution in [3.8, 4) is 0 Å². The summed E-state index contributed by atoms with van der Waals surface area (Å²) < 4.78 is 0. The van der Waals surface area contributed by atoms with Crippen molar-refractivity contribution in [1.82, 2.24) is 0 Å². The molecule has 0 aromatic rings. The first-order valence-electron chi connectivity index (χ1n) is 12.7. The molecule has 2 unspecified atom stereocenters. The van der Waals surface area contributed by atoms with Crippen molar-refractivity contribution in [1.29, 1.82) is 0 Å². The van der Waals surface area contributed by atoms with Crippen molar-refractivity contribution in [2.75, 3.05) is 0 Å². The van der Waals surface area contributed by atoms with E-state index in [1.165, 1.54) is 44.9 Å². The first kappa shape index (κ1) is 21.9. The number of aliphatic hydroxyl groups is 2. The van der Waals surface area contributed by atoms with E-state index < -0.39 is 11.7 Å². The minimum Gasteiger partial charge on any atom is -0.390 e. The van der Waals surface area contributed by atoms with E-state index in [9.17, 15) is 10.2 Å². The normalized spacial score (nSPS) is 50.1. The smallest absolute Gasteiger partial charge is 0.0998 e. The fraction of sp³-hybridized carbons (Fsp3) is 0.926. The Hall–Kier alpha value is -0.340. The molecular weight excluding hydrogens is 356 g/mol. The van der Waals surface area contributed by atoms with Crippen LogP contribution in [0.5, 0.6) is 0 Å². The fourth-order valence-corrected chi connectivity index (χ4v) is 8.87. The second-order valence-electron chi connectivity index (χ2n) is 12.4. The summed E-state index contributed by atoms with van der Waals surface area (Å²) in [6.45, 7) is 12.1. The third kappa shape index (κ3) is 3.27. The van der Waals surface area contributed by atoms with Crippen LogP contribution in [0, 0.1) is 46.3 Å². The average Bonchev–Trinajstić information content (AvgIpc) is 3.01. The molecule has 0 saturated heterocycles. The molecule has 2 N–H and O–H groups in total. The second-order valence-corrected chi connectivity index (χ2v) is 12.4. The number of fused-ring (bicyclic) bond motifs is 5. The second kappa shape index (κ2) is 7.66. The number of rotatable bonds is 5. The van der Waals surface area contributed by atoms with E-state index in [0.717, 1.165) is 36.5 Å². The lowest BCUT2D eigenvalue weighted by Gasteiger charge is -2.64. The Bertz CT molecular complexity index is 626. The standard InChI is InChI=1S/C27H46O2/c1-18(2)9-8-10-19(3)21-11-12-22-20-17-24(28)27(29)15-7-6-14-26(27,5)23(20)13-16-25(21,22)4/h6-7,18-24,28-29H,8-17H2,1-5H3/t19-,20+,21-,22+,23+,24?,25-,26-,27?/m1/s1. The van der Waals surface area contributed by atoms with E-state index in [4.69, 9.17) is 0 Å². The fourth-order valence-electron chi connectivity index (χ4n) is 8.87. The lowest BCUT2D eigenvalue weighted by molar-refractivity contribution is -0.238. The van der Waals surface area contributed by atoms with Crippen molar-refractivity contribution in [2.24, 2.45) is 46.3 Å². The van der Waals surface area contributed by atoms with Gasteiger partial charge in [0, 0.05) is 5.41 Å². The van der Waals surface area contributed by atoms with Crippen LogP contribution in [0.1, 0.15) is 98.8 Å². The van der Waals surface area contributed by atoms with Crippen molar-refractivity contribution in [3.05, 3.63) is 12.2 Å². The van der Waals surface area contributed by atoms with Gasteiger partial charge < -0.3 is 10.2 Å². The average molecular weight is 403 g/mol. The van der Waals surface area contributed by atoms with Gasteiger partial charge in [-0.2, -0.15) is 0 Å². The topological polar surface area (TPSA) is 40.5 Å². The molecule has 4 rings (SSSR count). The Kier molecular flexibility index (Phi) is 5.78. The molecular formula is C27H46O2. The summed E-state index contributed by atoms with van der Waals surface area (Å²) in [7, 11) is 0. The zero-order chi connectivity index (χ0) is 21.0. The third-order valence-electron chi connectivity index (χ3n) is 10.6. The van der Waals surface area contributed by atoms with Crippen LogP contribution in [0.3, 0.4) is 0 Å². The zero-order valence-corrected chi connectivity index (χ0v) is 19.7. The number of allylic oxidation sites excluding steroid dienone is 1. The SMILES string of the molecule is CC(C)CCC[C@@H](C)[C@H]1CC[C@H]2[C@@H]3CC(O)C4(O)CC=CC[C@]4(C)[C@H]3CC[C@]12C. The molecule has 0 heterocycles. The molecule has 0 spiro atoms. The number of aliphatic hydroxyl groups excluding tert-OH is 1. The largest absolute Gasteiger partial charge is 0.390 e. The molecule has 2 heteroatoms. The van der Waals surface area contributed by atoms with Gasteiger partial charge in [-0.05, 0) is 85.9 Å². The van der Waals surface area contributed by atoms with E-state index in [1.54, 1.807) is 0 Å². The van der Waals surface area contributed by atoms with E-state index in [2.05, 4.69) is 46.8 Å². The Morgan fingerprint density at radius 1 is 0.966 bits per heavy atom. The maximum atomic E-state index is 11.5. The highest BCUT2D eigenvalue weighted by atomic mass is 16.3. The van der Waals surface area contributed by atoms with Gasteiger partial charge in [-0.1, -0.05) is 66.0 Å². The van der Waals surface area contributed by atoms with Crippen molar-refractivity contribution < 1.29 is 10.2 Å². The molecule has 0 bridgehead atoms. The van der Waals surface area contributed by atoms with Crippen molar-refractivity contribution in [3.63, 3.8) is 0 Å². The van der Waals surface area contributed by atoms with E-state index in [-0.39, 0.29) is 5.41 Å². The molecule has 0 aliphatic heterocycles. The summed E-state index contributed by atoms with van der Waals surface area (Å²) in [6, 6.07) is 0. The van der Waals surface area contributed by atoms with Crippen LogP contribution in [-0.2, 0) is 0 Å². The van der Waals surface area contributed by atoms with Gasteiger partial charge in [-0.15, -0.1) is 0 Å². The monoisotopic (exact) mass is 402 g/mol. The van der Waals surface area contributed by atoms with Gasteiger partial charge in [-0.25, -0.2) is 0 Å². The summed E-state index contributed by atoms with van der Waals surface area (Å²) in [6.07, 6.45) is 15.6. The molecule has 0 aromatic carbocycles. The van der Waals surface area contributed by atoms with Crippen LogP contribution >= 0.6 is 0 Å². The quantitative estimate of drug-likeness (QED) is 0.525. The highest BCUT2D eigenvalue weighted by molar-refractivity contribution is 5.20. The summed E-state index contributed by atoms with van der Waals surface area (Å²) in [5.41, 5.74) is -0.639. The van der Waals surface area contributed by atoms with Crippen LogP contribution in [0.15, 0.2) is 12.2 Å². The molecule has 0 radical (unpaired) electrons. The minimum atomic E-state index is -0.918. The number of hydrogen-bond acceptors (Lipinski definition) is 2. The maximum absolute atomic E-state index is 11.5. The molecule has 4 aliphatic carbocycles. The van der Waals surface area contributed by atoms with Crippen LogP contribution in [-0.4, -0.2) is 21.9 Å². The third-order valence-corrected chi connectivity index (χ3v) is 10.6. The maximum Gasteiger partial charge on any atom is 0.0998 e. The Balaban J connectivity index is 1.53. The predicted octanol–water partition coefficient (Wildman–Crippen LogP) is 6.36. The molecule has 9 atom stereocenters. The molecule has 0 aromatic heterocycles. The zero-order valence-electron chi connectivity index (χ0n) is 19.7. The van der Waals surface area contributed by atoms with Crippen LogP contribution in [0.25, 0.3) is 0 Å². The summed E-state index contributed by atoms with van der Waals surface area (Å²) >= 11 is 0. The highest BCUT2D eigenvalue weighted by Crippen LogP contribution is 2.68. The highest BCUT2D eigenvalue weighted by Gasteiger charge is 2.66. The molecule has 3 saturated carbocycles. The first-order chi connectivity index (χ1) is 13.6. The Morgan fingerprint density at radius 2 is 1.69 bits per heavy atom. The van der Waals surface area contributed by atoms with Crippen molar-refractivity contribution >= 4 is 0 Å². The van der Waals surface area contributed by atoms with Crippen LogP contribution in [0.2, 0.25) is 0 Å². The molecule has 166 valence electrons. The number of hydrogen-bond donors (Lipinski definition) is 2. The summed E-state index contributed by atoms with van der Waals surface area (Å²) in [5.74, 6) is 4.37. The Morgan fingerprint density at radius 3 is 2.41 bits per heavy atom. The Labute approximate surface area is 179 Å². The molecule has 4 aliphatic rings. The van der Waals surface area contributed by atoms with E-state index >= 15 is 0 Å². The van der Waals surface area contributed by atoms with Gasteiger partial charge in [0.25, 0.3) is 0 Å². The summed E-state index contributed by atoms with van der Waals surface area (Å²) in [4.78, 5) is 0. The molecule has 2 nitrogen and oxygen atoms in total. The van der Waals surface area contributed by atoms with Gasteiger partial charge in [0.15, 0.2) is 0 Å². The van der Waals surface area contributed by atoms with E-state index in [0.29, 0.717) is 23.7 Å². The van der Waals surface area contributed by atoms with Gasteiger partial charge in [-0.3, -0.25) is 0 Å². The molecule has 0 amide bonds. The van der Waals surface area contributed by atoms with E-state index in [1.807, 2.05) is 0 Å². The van der Waals surface area contributed by atoms with Gasteiger partial charge in [0.2, 0.25) is 0 Å². The first-order valence-corrected chi connectivity index (χ1v) is 12.7. The minimum absolute atomic E-state index is 0.160. The van der Waals surface area contributed by atoms with Gasteiger partial charge >= 0.3 is 0 Å². The van der Waals surface area contributed by atoms with Crippen molar-refractivity contribution in [2.45, 2.75) is 111 Å². The van der Waals surface area contributed by atoms with Gasteiger partial charge in [0.05, 0.1) is 11.7 Å².